The van der Waals surface area contributed by atoms with Gasteiger partial charge in [-0.2, -0.15) is 4.31 Å². The molecule has 0 radical (unpaired) electrons. The number of sulfonamides is 1. The summed E-state index contributed by atoms with van der Waals surface area (Å²) in [6.07, 6.45) is 0. The summed E-state index contributed by atoms with van der Waals surface area (Å²) in [6.45, 7) is 0.973. The zero-order valence-electron chi connectivity index (χ0n) is 15.6. The van der Waals surface area contributed by atoms with Crippen LogP contribution in [0.15, 0.2) is 52.2 Å². The van der Waals surface area contributed by atoms with Gasteiger partial charge in [0.05, 0.1) is 27.8 Å². The van der Waals surface area contributed by atoms with Gasteiger partial charge in [0.1, 0.15) is 5.75 Å². The minimum Gasteiger partial charge on any atom is -0.496 e. The Balaban J connectivity index is 1.50. The maximum atomic E-state index is 13.0. The van der Waals surface area contributed by atoms with Crippen molar-refractivity contribution in [2.24, 2.45) is 0 Å². The number of hydrogen-bond acceptors (Lipinski definition) is 6. The lowest BCUT2D eigenvalue weighted by Gasteiger charge is -2.34. The van der Waals surface area contributed by atoms with Crippen molar-refractivity contribution in [3.8, 4) is 5.75 Å². The van der Waals surface area contributed by atoms with Crippen LogP contribution in [0.4, 0.5) is 0 Å². The van der Waals surface area contributed by atoms with E-state index in [1.165, 1.54) is 23.5 Å². The van der Waals surface area contributed by atoms with Gasteiger partial charge in [0, 0.05) is 26.2 Å². The van der Waals surface area contributed by atoms with Crippen molar-refractivity contribution in [2.75, 3.05) is 33.3 Å². The number of benzene rings is 2. The lowest BCUT2D eigenvalue weighted by molar-refractivity contribution is 0.0694. The van der Waals surface area contributed by atoms with Crippen LogP contribution >= 0.6 is 11.3 Å². The third-order valence-corrected chi connectivity index (χ3v) is 7.63. The molecule has 0 unspecified atom stereocenters. The first-order chi connectivity index (χ1) is 13.9. The molecular formula is C19H19N3O5S2. The minimum atomic E-state index is -3.71. The number of hydrogen-bond donors (Lipinski definition) is 1. The summed E-state index contributed by atoms with van der Waals surface area (Å²) in [6, 6.07) is 11.6. The van der Waals surface area contributed by atoms with E-state index in [0.29, 0.717) is 21.5 Å². The lowest BCUT2D eigenvalue weighted by atomic mass is 10.1. The number of rotatable bonds is 4. The molecule has 0 atom stereocenters. The van der Waals surface area contributed by atoms with Crippen molar-refractivity contribution < 1.29 is 17.9 Å². The van der Waals surface area contributed by atoms with Crippen molar-refractivity contribution in [1.82, 2.24) is 14.2 Å². The van der Waals surface area contributed by atoms with E-state index < -0.39 is 10.0 Å². The number of piperazine rings is 1. The first kappa shape index (κ1) is 19.6. The van der Waals surface area contributed by atoms with Gasteiger partial charge in [-0.1, -0.05) is 23.5 Å². The smallest absolute Gasteiger partial charge is 0.305 e. The number of fused-ring (bicyclic) bond motifs is 1. The topological polar surface area (TPSA) is 99.8 Å². The summed E-state index contributed by atoms with van der Waals surface area (Å²) < 4.78 is 33.2. The molecule has 1 saturated heterocycles. The quantitative estimate of drug-likeness (QED) is 0.676. The Bertz CT molecular complexity index is 1220. The number of nitrogens with zero attached hydrogens (tertiary/aromatic N) is 2. The molecule has 1 fully saturated rings. The second kappa shape index (κ2) is 7.62. The normalized spacial score (nSPS) is 15.6. The zero-order chi connectivity index (χ0) is 20.6. The summed E-state index contributed by atoms with van der Waals surface area (Å²) in [5, 5.41) is 0. The highest BCUT2D eigenvalue weighted by Crippen LogP contribution is 2.24. The standard InChI is InChI=1S/C19H19N3O5S2/c1-27-16-5-3-2-4-14(16)18(23)21-8-10-22(11-9-21)29(25,26)13-6-7-15-17(12-13)28-19(24)20-15/h2-7,12H,8-11H2,1H3,(H,20,24). The highest BCUT2D eigenvalue weighted by atomic mass is 32.2. The van der Waals surface area contributed by atoms with Crippen LogP contribution in [0.2, 0.25) is 0 Å². The van der Waals surface area contributed by atoms with Gasteiger partial charge < -0.3 is 14.6 Å². The minimum absolute atomic E-state index is 0.143. The van der Waals surface area contributed by atoms with E-state index in [9.17, 15) is 18.0 Å². The molecule has 0 saturated carbocycles. The molecule has 2 aromatic carbocycles. The van der Waals surface area contributed by atoms with Crippen molar-refractivity contribution in [3.05, 3.63) is 57.7 Å². The Morgan fingerprint density at radius 3 is 2.55 bits per heavy atom. The first-order valence-corrected chi connectivity index (χ1v) is 11.2. The number of nitrogens with one attached hydrogen (secondary N) is 1. The Labute approximate surface area is 171 Å². The maximum absolute atomic E-state index is 13.0. The van der Waals surface area contributed by atoms with Gasteiger partial charge in [-0.15, -0.1) is 0 Å². The maximum Gasteiger partial charge on any atom is 0.305 e. The van der Waals surface area contributed by atoms with Gasteiger partial charge in [-0.05, 0) is 30.3 Å². The number of para-hydroxylation sites is 1. The molecule has 1 amide bonds. The van der Waals surface area contributed by atoms with Crippen LogP contribution in [-0.2, 0) is 10.0 Å². The molecule has 2 heterocycles. The Morgan fingerprint density at radius 1 is 1.10 bits per heavy atom. The average Bonchev–Trinajstić information content (AvgIpc) is 3.12. The number of carbonyl (C=O) groups excluding carboxylic acids is 1. The van der Waals surface area contributed by atoms with Gasteiger partial charge >= 0.3 is 4.87 Å². The third-order valence-electron chi connectivity index (χ3n) is 4.89. The van der Waals surface area contributed by atoms with E-state index in [1.54, 1.807) is 35.2 Å². The fourth-order valence-electron chi connectivity index (χ4n) is 3.36. The molecule has 152 valence electrons. The largest absolute Gasteiger partial charge is 0.496 e. The molecule has 0 spiro atoms. The lowest BCUT2D eigenvalue weighted by Crippen LogP contribution is -2.50. The molecule has 10 heteroatoms. The second-order valence-corrected chi connectivity index (χ2v) is 9.52. The van der Waals surface area contributed by atoms with Crippen LogP contribution < -0.4 is 9.61 Å². The number of H-pyrrole nitrogens is 1. The predicted molar refractivity (Wildman–Crippen MR) is 110 cm³/mol. The van der Waals surface area contributed by atoms with E-state index in [4.69, 9.17) is 4.74 Å². The van der Waals surface area contributed by atoms with Gasteiger partial charge in [0.15, 0.2) is 0 Å². The van der Waals surface area contributed by atoms with Gasteiger partial charge in [-0.25, -0.2) is 8.42 Å². The summed E-state index contributed by atoms with van der Waals surface area (Å²) in [7, 11) is -2.20. The molecular weight excluding hydrogens is 414 g/mol. The molecule has 1 aromatic heterocycles. The number of thiazole rings is 1. The molecule has 1 aliphatic rings. The van der Waals surface area contributed by atoms with E-state index >= 15 is 0 Å². The third kappa shape index (κ3) is 3.66. The Morgan fingerprint density at radius 2 is 1.83 bits per heavy atom. The molecule has 1 N–H and O–H groups in total. The van der Waals surface area contributed by atoms with Crippen LogP contribution in [0.5, 0.6) is 5.75 Å². The van der Waals surface area contributed by atoms with Crippen molar-refractivity contribution in [1.29, 1.82) is 0 Å². The number of ether oxygens (including phenoxy) is 1. The molecule has 0 aliphatic carbocycles. The Kier molecular flexibility index (Phi) is 5.15. The van der Waals surface area contributed by atoms with Crippen molar-refractivity contribution >= 4 is 37.5 Å². The van der Waals surface area contributed by atoms with E-state index in [2.05, 4.69) is 4.98 Å². The van der Waals surface area contributed by atoms with Gasteiger partial charge in [0.2, 0.25) is 10.0 Å². The number of aromatic amines is 1. The molecule has 0 bridgehead atoms. The van der Waals surface area contributed by atoms with Crippen molar-refractivity contribution in [2.45, 2.75) is 4.90 Å². The van der Waals surface area contributed by atoms with Crippen molar-refractivity contribution in [3.63, 3.8) is 0 Å². The van der Waals surface area contributed by atoms with Crippen LogP contribution in [-0.4, -0.2) is 61.8 Å². The number of carbonyl (C=O) groups is 1. The summed E-state index contributed by atoms with van der Waals surface area (Å²) >= 11 is 0.976. The van der Waals surface area contributed by atoms with Gasteiger partial charge in [-0.3, -0.25) is 9.59 Å². The van der Waals surface area contributed by atoms with Gasteiger partial charge in [0.25, 0.3) is 5.91 Å². The summed E-state index contributed by atoms with van der Waals surface area (Å²) in [5.41, 5.74) is 1.07. The SMILES string of the molecule is COc1ccccc1C(=O)N1CCN(S(=O)(=O)c2ccc3[nH]c(=O)sc3c2)CC1. The molecule has 4 rings (SSSR count). The van der Waals surface area contributed by atoms with Crippen LogP contribution in [0.25, 0.3) is 10.2 Å². The number of amides is 1. The highest BCUT2D eigenvalue weighted by Gasteiger charge is 2.31. The number of methoxy groups -OCH3 is 1. The molecule has 8 nitrogen and oxygen atoms in total. The second-order valence-electron chi connectivity index (χ2n) is 6.57. The number of aromatic nitrogens is 1. The highest BCUT2D eigenvalue weighted by molar-refractivity contribution is 7.89. The zero-order valence-corrected chi connectivity index (χ0v) is 17.3. The fraction of sp³-hybridized carbons (Fsp3) is 0.263. The summed E-state index contributed by atoms with van der Waals surface area (Å²) in [4.78, 5) is 28.5. The van der Waals surface area contributed by atoms with E-state index in [0.717, 1.165) is 11.3 Å². The molecule has 29 heavy (non-hydrogen) atoms. The fourth-order valence-corrected chi connectivity index (χ4v) is 5.66. The van der Waals surface area contributed by atoms with E-state index in [1.807, 2.05) is 0 Å². The Hall–Kier alpha value is -2.69. The van der Waals surface area contributed by atoms with E-state index in [-0.39, 0.29) is 41.9 Å². The first-order valence-electron chi connectivity index (χ1n) is 8.95. The summed E-state index contributed by atoms with van der Waals surface area (Å²) in [5.74, 6) is 0.310. The predicted octanol–water partition coefficient (Wildman–Crippen LogP) is 1.74. The van der Waals surface area contributed by atoms with Crippen LogP contribution in [0, 0.1) is 0 Å². The molecule has 1 aliphatic heterocycles. The van der Waals surface area contributed by atoms with Crippen LogP contribution in [0.1, 0.15) is 10.4 Å². The molecule has 3 aromatic rings. The monoisotopic (exact) mass is 433 g/mol. The van der Waals surface area contributed by atoms with Crippen LogP contribution in [0.3, 0.4) is 0 Å². The average molecular weight is 434 g/mol.